The number of benzene rings is 6. The average molecular weight is 754 g/mol. The topological polar surface area (TPSA) is 131 Å². The summed E-state index contributed by atoms with van der Waals surface area (Å²) in [5.74, 6) is 0. The van der Waals surface area contributed by atoms with E-state index in [9.17, 15) is 19.2 Å². The largest absolute Gasteiger partial charge is 0.354 e. The zero-order valence-corrected chi connectivity index (χ0v) is 31.3. The number of aromatic amines is 4. The maximum absolute atomic E-state index is 12.9. The Bertz CT molecular complexity index is 3120. The van der Waals surface area contributed by atoms with Gasteiger partial charge < -0.3 is 19.9 Å². The molecular formula is C44H34Cl2N4O4. The van der Waals surface area contributed by atoms with Crippen molar-refractivity contribution in [3.63, 3.8) is 0 Å². The van der Waals surface area contributed by atoms with Gasteiger partial charge in [-0.15, -0.1) is 0 Å². The van der Waals surface area contributed by atoms with Crippen LogP contribution in [0.3, 0.4) is 0 Å². The predicted octanol–water partition coefficient (Wildman–Crippen LogP) is 10.7. The van der Waals surface area contributed by atoms with Crippen molar-refractivity contribution >= 4 is 110 Å². The summed E-state index contributed by atoms with van der Waals surface area (Å²) in [5.41, 5.74) is 4.79. The van der Waals surface area contributed by atoms with Crippen molar-refractivity contribution in [1.29, 1.82) is 0 Å². The van der Waals surface area contributed by atoms with Gasteiger partial charge in [0, 0.05) is 54.1 Å². The first-order valence-corrected chi connectivity index (χ1v) is 18.4. The number of halogens is 2. The minimum Gasteiger partial charge on any atom is -0.354 e. The van der Waals surface area contributed by atoms with Crippen LogP contribution < -0.4 is 21.7 Å². The van der Waals surface area contributed by atoms with Crippen molar-refractivity contribution in [2.75, 3.05) is 0 Å². The van der Waals surface area contributed by atoms with E-state index < -0.39 is 0 Å². The smallest absolute Gasteiger partial charge is 0.197 e. The van der Waals surface area contributed by atoms with E-state index in [2.05, 4.69) is 19.9 Å². The van der Waals surface area contributed by atoms with E-state index in [-0.39, 0.29) is 21.7 Å². The first-order valence-electron chi connectivity index (χ1n) is 17.6. The molecule has 0 aliphatic carbocycles. The summed E-state index contributed by atoms with van der Waals surface area (Å²) < 4.78 is 0. The lowest BCUT2D eigenvalue weighted by Crippen LogP contribution is -2.08. The second-order valence-corrected chi connectivity index (χ2v) is 12.9. The van der Waals surface area contributed by atoms with Crippen LogP contribution in [0.25, 0.3) is 87.2 Å². The fraction of sp³-hybridized carbons (Fsp3) is 0.0909. The van der Waals surface area contributed by atoms with E-state index in [1.807, 2.05) is 64.1 Å². The second kappa shape index (κ2) is 14.7. The van der Waals surface area contributed by atoms with E-state index in [0.29, 0.717) is 86.2 Å². The molecule has 0 unspecified atom stereocenters. The molecule has 0 atom stereocenters. The van der Waals surface area contributed by atoms with E-state index in [1.165, 1.54) is 0 Å². The summed E-state index contributed by atoms with van der Waals surface area (Å²) in [5, 5.41) is 5.33. The van der Waals surface area contributed by atoms with Crippen molar-refractivity contribution in [2.45, 2.75) is 27.7 Å². The Balaban J connectivity index is 0.000000153. The molecule has 268 valence electrons. The van der Waals surface area contributed by atoms with Crippen molar-refractivity contribution < 1.29 is 0 Å². The molecule has 0 radical (unpaired) electrons. The number of fused-ring (bicyclic) bond motifs is 8. The summed E-state index contributed by atoms with van der Waals surface area (Å²) in [6.45, 7) is 8.00. The number of aromatic nitrogens is 4. The van der Waals surface area contributed by atoms with Gasteiger partial charge in [-0.3, -0.25) is 19.2 Å². The number of H-pyrrole nitrogens is 4. The van der Waals surface area contributed by atoms with Gasteiger partial charge >= 0.3 is 0 Å². The first-order chi connectivity index (χ1) is 26.3. The lowest BCUT2D eigenvalue weighted by atomic mass is 10.1. The first kappa shape index (κ1) is 36.2. The molecule has 10 rings (SSSR count). The van der Waals surface area contributed by atoms with Crippen molar-refractivity contribution in [3.05, 3.63) is 160 Å². The molecule has 0 saturated carbocycles. The maximum Gasteiger partial charge on any atom is 0.197 e. The molecule has 0 aliphatic rings. The average Bonchev–Trinajstić information content (AvgIpc) is 3.20. The minimum atomic E-state index is -0.141. The Labute approximate surface area is 317 Å². The van der Waals surface area contributed by atoms with Crippen LogP contribution in [-0.2, 0) is 0 Å². The zero-order chi connectivity index (χ0) is 38.3. The highest BCUT2D eigenvalue weighted by Gasteiger charge is 2.14. The number of rotatable bonds is 0. The standard InChI is InChI=1S/C20H10Cl2N2O2.C20H12N2O2.2C2H6/c21-13-5-1-3-9-17(13)23-15-8-12-16(7-11(15)19(9)25)24-18-10(20(12)26)4-2-6-14(18)22;23-19-11-5-1-3-7-15(11)21-17-10-14-18(9-13(17)19)22-16-8-4-2-6-12(16)20(14)24;2*1-2/h1-8H,(H,23,25)(H,24,26);1-10H,(H,21,23)(H,22,24);2*1-2H3. The number of hydrogen-bond donors (Lipinski definition) is 4. The van der Waals surface area contributed by atoms with Gasteiger partial charge in [0.15, 0.2) is 21.7 Å². The molecule has 10 heteroatoms. The number of pyridine rings is 4. The van der Waals surface area contributed by atoms with Crippen LogP contribution in [0.2, 0.25) is 10.0 Å². The third-order valence-corrected chi connectivity index (χ3v) is 9.84. The molecular weight excluding hydrogens is 719 g/mol. The van der Waals surface area contributed by atoms with E-state index in [1.54, 1.807) is 72.8 Å². The molecule has 0 bridgehead atoms. The molecule has 0 amide bonds. The number of para-hydroxylation sites is 4. The molecule has 4 heterocycles. The van der Waals surface area contributed by atoms with Crippen LogP contribution >= 0.6 is 23.2 Å². The van der Waals surface area contributed by atoms with E-state index >= 15 is 0 Å². The zero-order valence-electron chi connectivity index (χ0n) is 29.8. The predicted molar refractivity (Wildman–Crippen MR) is 228 cm³/mol. The van der Waals surface area contributed by atoms with Gasteiger partial charge in [0.05, 0.1) is 43.1 Å². The van der Waals surface area contributed by atoms with Gasteiger partial charge in [-0.25, -0.2) is 0 Å². The fourth-order valence-corrected chi connectivity index (χ4v) is 7.21. The van der Waals surface area contributed by atoms with Crippen molar-refractivity contribution in [3.8, 4) is 0 Å². The molecule has 0 spiro atoms. The summed E-state index contributed by atoms with van der Waals surface area (Å²) in [7, 11) is 0. The van der Waals surface area contributed by atoms with Crippen molar-refractivity contribution in [2.24, 2.45) is 0 Å². The molecule has 8 nitrogen and oxygen atoms in total. The SMILES string of the molecule is CC.CC.O=c1c2cc3[nH]c4c(Cl)cccc4c(=O)c3cc2[nH]c2c(Cl)cccc12.O=c1c2ccccc2[nH]c2cc3c(=O)c4ccccc4[nH]c3cc12. The molecule has 0 saturated heterocycles. The van der Waals surface area contributed by atoms with Crippen LogP contribution in [0, 0.1) is 0 Å². The normalized spacial score (nSPS) is 11.1. The van der Waals surface area contributed by atoms with Crippen LogP contribution in [-0.4, -0.2) is 19.9 Å². The Morgan fingerprint density at radius 3 is 1.00 bits per heavy atom. The number of hydrogen-bond acceptors (Lipinski definition) is 4. The van der Waals surface area contributed by atoms with Gasteiger partial charge in [0.25, 0.3) is 0 Å². The monoisotopic (exact) mass is 752 g/mol. The van der Waals surface area contributed by atoms with Crippen LogP contribution in [0.5, 0.6) is 0 Å². The quantitative estimate of drug-likeness (QED) is 0.115. The van der Waals surface area contributed by atoms with Crippen LogP contribution in [0.15, 0.2) is 128 Å². The van der Waals surface area contributed by atoms with Gasteiger partial charge in [-0.1, -0.05) is 87.3 Å². The van der Waals surface area contributed by atoms with Crippen LogP contribution in [0.1, 0.15) is 27.7 Å². The molecule has 0 fully saturated rings. The molecule has 10 aromatic rings. The van der Waals surface area contributed by atoms with Crippen molar-refractivity contribution in [1.82, 2.24) is 19.9 Å². The Kier molecular flexibility index (Phi) is 9.81. The van der Waals surface area contributed by atoms with Gasteiger partial charge in [0.2, 0.25) is 0 Å². The lowest BCUT2D eigenvalue weighted by Gasteiger charge is -2.08. The fourth-order valence-electron chi connectivity index (χ4n) is 6.77. The summed E-state index contributed by atoms with van der Waals surface area (Å²) in [6.07, 6.45) is 0. The highest BCUT2D eigenvalue weighted by molar-refractivity contribution is 6.35. The Morgan fingerprint density at radius 1 is 0.333 bits per heavy atom. The Morgan fingerprint density at radius 2 is 0.630 bits per heavy atom. The second-order valence-electron chi connectivity index (χ2n) is 12.1. The molecule has 0 aliphatic heterocycles. The van der Waals surface area contributed by atoms with Crippen LogP contribution in [0.4, 0.5) is 0 Å². The van der Waals surface area contributed by atoms with Gasteiger partial charge in [0.1, 0.15) is 0 Å². The van der Waals surface area contributed by atoms with Gasteiger partial charge in [-0.2, -0.15) is 0 Å². The third kappa shape index (κ3) is 5.99. The molecule has 6 aromatic carbocycles. The Hall–Kier alpha value is -6.22. The third-order valence-electron chi connectivity index (χ3n) is 9.21. The van der Waals surface area contributed by atoms with E-state index in [0.717, 1.165) is 11.0 Å². The summed E-state index contributed by atoms with van der Waals surface area (Å²) in [4.78, 5) is 64.2. The molecule has 54 heavy (non-hydrogen) atoms. The van der Waals surface area contributed by atoms with Gasteiger partial charge in [-0.05, 0) is 72.8 Å². The lowest BCUT2D eigenvalue weighted by molar-refractivity contribution is 1.46. The highest BCUT2D eigenvalue weighted by Crippen LogP contribution is 2.27. The highest BCUT2D eigenvalue weighted by atomic mass is 35.5. The summed E-state index contributed by atoms with van der Waals surface area (Å²) >= 11 is 12.4. The molecule has 4 aromatic heterocycles. The summed E-state index contributed by atoms with van der Waals surface area (Å²) in [6, 6.07) is 32.1. The maximum atomic E-state index is 12.9. The molecule has 4 N–H and O–H groups in total. The minimum absolute atomic E-state index is 0.0322. The van der Waals surface area contributed by atoms with E-state index in [4.69, 9.17) is 23.2 Å². The number of nitrogens with one attached hydrogen (secondary N) is 4.